The number of carbonyl (C=O) groups is 1. The molecule has 0 N–H and O–H groups in total. The number of nitro groups is 1. The minimum absolute atomic E-state index is 0.0125. The predicted molar refractivity (Wildman–Crippen MR) is 67.4 cm³/mol. The van der Waals surface area contributed by atoms with Gasteiger partial charge in [-0.3, -0.25) is 10.1 Å². The summed E-state index contributed by atoms with van der Waals surface area (Å²) in [5, 5.41) is 10.5. The van der Waals surface area contributed by atoms with Crippen molar-refractivity contribution in [2.24, 2.45) is 5.92 Å². The number of hydrogen-bond acceptors (Lipinski definition) is 4. The molecule has 0 radical (unpaired) electrons. The Hall–Kier alpha value is -2.05. The highest BCUT2D eigenvalue weighted by atomic mass is 19.1. The molecule has 0 saturated carbocycles. The Bertz CT molecular complexity index is 517. The molecule has 0 aliphatic carbocycles. The first-order chi connectivity index (χ1) is 9.34. The van der Waals surface area contributed by atoms with Crippen LogP contribution >= 0.6 is 0 Å². The molecule has 0 unspecified atom stereocenters. The van der Waals surface area contributed by atoms with Crippen LogP contribution in [0, 0.1) is 27.7 Å². The van der Waals surface area contributed by atoms with Gasteiger partial charge in [0, 0.05) is 6.07 Å². The molecule has 0 spiro atoms. The van der Waals surface area contributed by atoms with Crippen LogP contribution in [0.15, 0.2) is 12.1 Å². The summed E-state index contributed by atoms with van der Waals surface area (Å²) in [6.45, 7) is 3.99. The van der Waals surface area contributed by atoms with Crippen molar-refractivity contribution in [2.45, 2.75) is 26.7 Å². The smallest absolute Gasteiger partial charge is 0.344 e. The number of esters is 1. The van der Waals surface area contributed by atoms with Gasteiger partial charge >= 0.3 is 11.7 Å². The van der Waals surface area contributed by atoms with E-state index in [4.69, 9.17) is 4.74 Å². The predicted octanol–water partition coefficient (Wildman–Crippen LogP) is 3.47. The van der Waals surface area contributed by atoms with E-state index in [1.807, 2.05) is 13.8 Å². The lowest BCUT2D eigenvalue weighted by atomic mass is 10.1. The topological polar surface area (TPSA) is 69.4 Å². The van der Waals surface area contributed by atoms with Crippen LogP contribution < -0.4 is 0 Å². The summed E-state index contributed by atoms with van der Waals surface area (Å²) in [6, 6.07) is 1.34. The first-order valence-corrected chi connectivity index (χ1v) is 6.14. The summed E-state index contributed by atoms with van der Waals surface area (Å²) in [4.78, 5) is 21.1. The number of carbonyl (C=O) groups excluding carboxylic acids is 1. The largest absolute Gasteiger partial charge is 0.462 e. The van der Waals surface area contributed by atoms with Gasteiger partial charge in [-0.2, -0.15) is 4.39 Å². The summed E-state index contributed by atoms with van der Waals surface area (Å²) in [5.41, 5.74) is -1.98. The molecule has 0 amide bonds. The minimum atomic E-state index is -1.51. The summed E-state index contributed by atoms with van der Waals surface area (Å²) in [5.74, 6) is -3.50. The quantitative estimate of drug-likeness (QED) is 0.348. The van der Waals surface area contributed by atoms with Crippen molar-refractivity contribution >= 4 is 11.7 Å². The zero-order valence-corrected chi connectivity index (χ0v) is 11.2. The number of nitrogens with zero attached hydrogens (tertiary/aromatic N) is 1. The highest BCUT2D eigenvalue weighted by Gasteiger charge is 2.27. The van der Waals surface area contributed by atoms with Crippen LogP contribution in [0.3, 0.4) is 0 Å². The summed E-state index contributed by atoms with van der Waals surface area (Å²) in [6.07, 6.45) is 1.36. The van der Waals surface area contributed by atoms with E-state index < -0.39 is 33.8 Å². The van der Waals surface area contributed by atoms with E-state index in [2.05, 4.69) is 0 Å². The number of hydrogen-bond donors (Lipinski definition) is 0. The Morgan fingerprint density at radius 3 is 2.60 bits per heavy atom. The van der Waals surface area contributed by atoms with Gasteiger partial charge < -0.3 is 4.74 Å². The second-order valence-electron chi connectivity index (χ2n) is 4.68. The standard InChI is InChI=1S/C13H15F2NO4/c1-8(2)4-3-7-20-13(17)11-9(14)5-6-10(12(11)15)16(18)19/h5-6,8H,3-4,7H2,1-2H3. The Balaban J connectivity index is 2.82. The second kappa shape index (κ2) is 6.93. The van der Waals surface area contributed by atoms with Gasteiger partial charge in [-0.25, -0.2) is 9.18 Å². The van der Waals surface area contributed by atoms with Crippen LogP contribution in [0.1, 0.15) is 37.0 Å². The van der Waals surface area contributed by atoms with E-state index in [1.165, 1.54) is 0 Å². The fourth-order valence-corrected chi connectivity index (χ4v) is 1.60. The molecule has 0 bridgehead atoms. The molecule has 0 fully saturated rings. The van der Waals surface area contributed by atoms with Gasteiger partial charge in [0.05, 0.1) is 11.5 Å². The van der Waals surface area contributed by atoms with E-state index >= 15 is 0 Å². The van der Waals surface area contributed by atoms with Gasteiger partial charge in [-0.15, -0.1) is 0 Å². The molecule has 0 aliphatic heterocycles. The molecule has 1 aromatic rings. The van der Waals surface area contributed by atoms with Crippen molar-refractivity contribution in [2.75, 3.05) is 6.61 Å². The number of rotatable bonds is 6. The maximum absolute atomic E-state index is 13.7. The van der Waals surface area contributed by atoms with E-state index in [9.17, 15) is 23.7 Å². The Labute approximate surface area is 114 Å². The summed E-state index contributed by atoms with van der Waals surface area (Å²) >= 11 is 0. The maximum Gasteiger partial charge on any atom is 0.344 e. The number of halogens is 2. The third kappa shape index (κ3) is 3.97. The van der Waals surface area contributed by atoms with E-state index in [0.717, 1.165) is 6.42 Å². The zero-order chi connectivity index (χ0) is 15.3. The van der Waals surface area contributed by atoms with Crippen molar-refractivity contribution in [3.8, 4) is 0 Å². The molecule has 7 heteroatoms. The lowest BCUT2D eigenvalue weighted by Crippen LogP contribution is -2.12. The van der Waals surface area contributed by atoms with Crippen LogP contribution in [-0.2, 0) is 4.74 Å². The molecule has 0 atom stereocenters. The minimum Gasteiger partial charge on any atom is -0.462 e. The van der Waals surface area contributed by atoms with Crippen molar-refractivity contribution < 1.29 is 23.2 Å². The number of nitro benzene ring substituents is 1. The van der Waals surface area contributed by atoms with Crippen LogP contribution in [0.4, 0.5) is 14.5 Å². The SMILES string of the molecule is CC(C)CCCOC(=O)c1c(F)ccc([N+](=O)[O-])c1F. The molecule has 0 saturated heterocycles. The molecule has 0 heterocycles. The Morgan fingerprint density at radius 1 is 1.40 bits per heavy atom. The molecule has 5 nitrogen and oxygen atoms in total. The molecule has 0 aliphatic rings. The van der Waals surface area contributed by atoms with Crippen molar-refractivity contribution in [3.63, 3.8) is 0 Å². The molecule has 20 heavy (non-hydrogen) atoms. The molecular formula is C13H15F2NO4. The molecule has 110 valence electrons. The Kier molecular flexibility index (Phi) is 5.54. The van der Waals surface area contributed by atoms with Gasteiger partial charge in [0.2, 0.25) is 5.82 Å². The third-order valence-electron chi connectivity index (χ3n) is 2.63. The molecule has 1 rings (SSSR count). The fraction of sp³-hybridized carbons (Fsp3) is 0.462. The molecule has 1 aromatic carbocycles. The monoisotopic (exact) mass is 287 g/mol. The van der Waals surface area contributed by atoms with E-state index in [1.54, 1.807) is 0 Å². The van der Waals surface area contributed by atoms with E-state index in [0.29, 0.717) is 24.5 Å². The van der Waals surface area contributed by atoms with Crippen LogP contribution in [0.2, 0.25) is 0 Å². The number of ether oxygens (including phenoxy) is 1. The van der Waals surface area contributed by atoms with Crippen LogP contribution in [0.25, 0.3) is 0 Å². The highest BCUT2D eigenvalue weighted by molar-refractivity contribution is 5.90. The van der Waals surface area contributed by atoms with Crippen LogP contribution in [-0.4, -0.2) is 17.5 Å². The molecule has 0 aromatic heterocycles. The Morgan fingerprint density at radius 2 is 2.05 bits per heavy atom. The molecular weight excluding hydrogens is 272 g/mol. The first-order valence-electron chi connectivity index (χ1n) is 6.14. The van der Waals surface area contributed by atoms with Gasteiger partial charge in [-0.05, 0) is 24.8 Å². The lowest BCUT2D eigenvalue weighted by Gasteiger charge is -2.08. The number of benzene rings is 1. The normalized spacial score (nSPS) is 10.7. The van der Waals surface area contributed by atoms with Gasteiger partial charge in [-0.1, -0.05) is 13.8 Å². The average molecular weight is 287 g/mol. The average Bonchev–Trinajstić information content (AvgIpc) is 2.34. The zero-order valence-electron chi connectivity index (χ0n) is 11.2. The van der Waals surface area contributed by atoms with Crippen LogP contribution in [0.5, 0.6) is 0 Å². The van der Waals surface area contributed by atoms with Gasteiger partial charge in [0.15, 0.2) is 0 Å². The fourth-order valence-electron chi connectivity index (χ4n) is 1.60. The maximum atomic E-state index is 13.7. The lowest BCUT2D eigenvalue weighted by molar-refractivity contribution is -0.387. The highest BCUT2D eigenvalue weighted by Crippen LogP contribution is 2.23. The second-order valence-corrected chi connectivity index (χ2v) is 4.68. The van der Waals surface area contributed by atoms with E-state index in [-0.39, 0.29) is 6.61 Å². The van der Waals surface area contributed by atoms with Crippen molar-refractivity contribution in [3.05, 3.63) is 39.4 Å². The third-order valence-corrected chi connectivity index (χ3v) is 2.63. The first kappa shape index (κ1) is 16.0. The van der Waals surface area contributed by atoms with Gasteiger partial charge in [0.25, 0.3) is 0 Å². The summed E-state index contributed by atoms with van der Waals surface area (Å²) in [7, 11) is 0. The van der Waals surface area contributed by atoms with Crippen molar-refractivity contribution in [1.82, 2.24) is 0 Å². The van der Waals surface area contributed by atoms with Crippen molar-refractivity contribution in [1.29, 1.82) is 0 Å². The summed E-state index contributed by atoms with van der Waals surface area (Å²) < 4.78 is 31.8. The van der Waals surface area contributed by atoms with Gasteiger partial charge in [0.1, 0.15) is 11.4 Å².